The van der Waals surface area contributed by atoms with Crippen LogP contribution in [-0.4, -0.2) is 16.5 Å². The molecule has 1 saturated heterocycles. The average Bonchev–Trinajstić information content (AvgIpc) is 2.30. The molecule has 1 rings (SSSR count). The Morgan fingerprint density at radius 3 is 2.25 bits per heavy atom. The van der Waals surface area contributed by atoms with Gasteiger partial charge in [-0.1, -0.05) is 29.3 Å². The molecular weight excluding hydrogens is 216 g/mol. The van der Waals surface area contributed by atoms with Crippen LogP contribution in [0.15, 0.2) is 0 Å². The lowest BCUT2D eigenvalue weighted by Gasteiger charge is -2.28. The van der Waals surface area contributed by atoms with E-state index < -0.39 is 0 Å². The lowest BCUT2D eigenvalue weighted by molar-refractivity contribution is -0.0760. The summed E-state index contributed by atoms with van der Waals surface area (Å²) in [6, 6.07) is 0. The van der Waals surface area contributed by atoms with Crippen molar-refractivity contribution in [1.29, 1.82) is 0 Å². The Bertz CT molecular complexity index is 160. The van der Waals surface area contributed by atoms with Crippen molar-refractivity contribution in [2.75, 3.05) is 5.33 Å². The molecule has 0 aromatic rings. The van der Waals surface area contributed by atoms with E-state index in [1.165, 1.54) is 25.7 Å². The normalized spacial score (nSPS) is 42.0. The van der Waals surface area contributed by atoms with Gasteiger partial charge in [-0.2, -0.15) is 0 Å². The van der Waals surface area contributed by atoms with Crippen LogP contribution in [0.2, 0.25) is 0 Å². The highest BCUT2D eigenvalue weighted by molar-refractivity contribution is 9.09. The Hall–Kier alpha value is 0.440. The molecule has 1 aliphatic rings. The molecule has 0 amide bonds. The van der Waals surface area contributed by atoms with Gasteiger partial charge in [0.25, 0.3) is 0 Å². The quantitative estimate of drug-likeness (QED) is 0.680. The minimum Gasteiger partial charge on any atom is -0.368 e. The van der Waals surface area contributed by atoms with Crippen LogP contribution in [0.4, 0.5) is 0 Å². The molecule has 0 aliphatic carbocycles. The van der Waals surface area contributed by atoms with Gasteiger partial charge in [-0.05, 0) is 33.1 Å². The van der Waals surface area contributed by atoms with Gasteiger partial charge in [0.1, 0.15) is 0 Å². The molecule has 1 fully saturated rings. The van der Waals surface area contributed by atoms with E-state index in [4.69, 9.17) is 4.74 Å². The molecule has 1 heterocycles. The van der Waals surface area contributed by atoms with Crippen molar-refractivity contribution in [2.24, 2.45) is 0 Å². The minimum absolute atomic E-state index is 0.0872. The first-order valence-corrected chi connectivity index (χ1v) is 5.92. The second-order valence-corrected chi connectivity index (χ2v) is 4.95. The Kier molecular flexibility index (Phi) is 3.21. The maximum Gasteiger partial charge on any atom is 0.0759 e. The lowest BCUT2D eigenvalue weighted by atomic mass is 9.95. The minimum atomic E-state index is 0.0872. The number of halogens is 1. The SMILES string of the molecule is CCCC1(C)CCC(C)(CBr)O1. The summed E-state index contributed by atoms with van der Waals surface area (Å²) in [4.78, 5) is 0. The van der Waals surface area contributed by atoms with Crippen LogP contribution in [0, 0.1) is 0 Å². The summed E-state index contributed by atoms with van der Waals surface area (Å²) in [6.45, 7) is 6.66. The number of alkyl halides is 1. The summed E-state index contributed by atoms with van der Waals surface area (Å²) in [5.41, 5.74) is 0.237. The van der Waals surface area contributed by atoms with E-state index in [1.807, 2.05) is 0 Å². The summed E-state index contributed by atoms with van der Waals surface area (Å²) < 4.78 is 6.08. The topological polar surface area (TPSA) is 9.23 Å². The lowest BCUT2D eigenvalue weighted by Crippen LogP contribution is -2.32. The molecule has 0 saturated carbocycles. The average molecular weight is 235 g/mol. The fourth-order valence-electron chi connectivity index (χ4n) is 2.02. The highest BCUT2D eigenvalue weighted by Crippen LogP contribution is 2.40. The molecule has 72 valence electrons. The molecule has 0 N–H and O–H groups in total. The second kappa shape index (κ2) is 3.67. The zero-order valence-corrected chi connectivity index (χ0v) is 9.91. The van der Waals surface area contributed by atoms with Gasteiger partial charge in [-0.3, -0.25) is 0 Å². The van der Waals surface area contributed by atoms with Crippen LogP contribution in [0.1, 0.15) is 46.5 Å². The first-order chi connectivity index (χ1) is 5.54. The van der Waals surface area contributed by atoms with Gasteiger partial charge in [0, 0.05) is 5.33 Å². The largest absolute Gasteiger partial charge is 0.368 e. The molecular formula is C10H19BrO. The number of ether oxygens (including phenoxy) is 1. The van der Waals surface area contributed by atoms with Crippen LogP contribution in [0.3, 0.4) is 0 Å². The number of hydrogen-bond acceptors (Lipinski definition) is 1. The Balaban J connectivity index is 2.53. The predicted octanol–water partition coefficient (Wildman–Crippen LogP) is 3.51. The van der Waals surface area contributed by atoms with Crippen molar-refractivity contribution in [3.63, 3.8) is 0 Å². The smallest absolute Gasteiger partial charge is 0.0759 e. The van der Waals surface area contributed by atoms with E-state index in [0.717, 1.165) is 5.33 Å². The molecule has 2 atom stereocenters. The highest BCUT2D eigenvalue weighted by atomic mass is 79.9. The third-order valence-electron chi connectivity index (χ3n) is 2.74. The van der Waals surface area contributed by atoms with Crippen LogP contribution in [-0.2, 0) is 4.74 Å². The highest BCUT2D eigenvalue weighted by Gasteiger charge is 2.42. The van der Waals surface area contributed by atoms with Gasteiger partial charge < -0.3 is 4.74 Å². The van der Waals surface area contributed by atoms with Gasteiger partial charge in [0.2, 0.25) is 0 Å². The van der Waals surface area contributed by atoms with Crippen molar-refractivity contribution < 1.29 is 4.74 Å². The van der Waals surface area contributed by atoms with E-state index in [-0.39, 0.29) is 11.2 Å². The summed E-state index contributed by atoms with van der Waals surface area (Å²) in [5, 5.41) is 0.958. The fraction of sp³-hybridized carbons (Fsp3) is 1.00. The second-order valence-electron chi connectivity index (χ2n) is 4.39. The van der Waals surface area contributed by atoms with Crippen LogP contribution in [0.25, 0.3) is 0 Å². The zero-order valence-electron chi connectivity index (χ0n) is 8.32. The fourth-order valence-corrected chi connectivity index (χ4v) is 2.42. The zero-order chi connectivity index (χ0) is 9.24. The third kappa shape index (κ3) is 2.23. The molecule has 1 aliphatic heterocycles. The summed E-state index contributed by atoms with van der Waals surface area (Å²) in [7, 11) is 0. The monoisotopic (exact) mass is 234 g/mol. The van der Waals surface area contributed by atoms with Gasteiger partial charge in [-0.15, -0.1) is 0 Å². The molecule has 2 heteroatoms. The molecule has 0 spiro atoms. The van der Waals surface area contributed by atoms with E-state index in [9.17, 15) is 0 Å². The Morgan fingerprint density at radius 1 is 1.25 bits per heavy atom. The standard InChI is InChI=1S/C10H19BrO/c1-4-5-9(2)6-7-10(3,8-11)12-9/h4-8H2,1-3H3. The summed E-state index contributed by atoms with van der Waals surface area (Å²) in [5.74, 6) is 0. The van der Waals surface area contributed by atoms with E-state index in [0.29, 0.717) is 0 Å². The number of hydrogen-bond donors (Lipinski definition) is 0. The number of rotatable bonds is 3. The molecule has 0 aromatic carbocycles. The van der Waals surface area contributed by atoms with Gasteiger partial charge in [0.05, 0.1) is 11.2 Å². The molecule has 2 unspecified atom stereocenters. The predicted molar refractivity (Wildman–Crippen MR) is 55.8 cm³/mol. The van der Waals surface area contributed by atoms with Crippen molar-refractivity contribution in [1.82, 2.24) is 0 Å². The maximum atomic E-state index is 6.08. The molecule has 12 heavy (non-hydrogen) atoms. The van der Waals surface area contributed by atoms with Crippen molar-refractivity contribution in [3.8, 4) is 0 Å². The van der Waals surface area contributed by atoms with E-state index >= 15 is 0 Å². The van der Waals surface area contributed by atoms with Gasteiger partial charge >= 0.3 is 0 Å². The molecule has 0 bridgehead atoms. The van der Waals surface area contributed by atoms with Crippen molar-refractivity contribution in [2.45, 2.75) is 57.7 Å². The van der Waals surface area contributed by atoms with Crippen molar-refractivity contribution in [3.05, 3.63) is 0 Å². The third-order valence-corrected chi connectivity index (χ3v) is 3.92. The summed E-state index contributed by atoms with van der Waals surface area (Å²) >= 11 is 3.51. The van der Waals surface area contributed by atoms with Crippen LogP contribution in [0.5, 0.6) is 0 Å². The Labute approximate surface area is 84.0 Å². The maximum absolute atomic E-state index is 6.08. The Morgan fingerprint density at radius 2 is 1.83 bits per heavy atom. The first kappa shape index (κ1) is 10.5. The van der Waals surface area contributed by atoms with Crippen molar-refractivity contribution >= 4 is 15.9 Å². The van der Waals surface area contributed by atoms with Crippen LogP contribution < -0.4 is 0 Å². The summed E-state index contributed by atoms with van der Waals surface area (Å²) in [6.07, 6.45) is 4.81. The molecule has 0 aromatic heterocycles. The van der Waals surface area contributed by atoms with E-state index in [2.05, 4.69) is 36.7 Å². The first-order valence-electron chi connectivity index (χ1n) is 4.80. The molecule has 1 nitrogen and oxygen atoms in total. The van der Waals surface area contributed by atoms with Gasteiger partial charge in [-0.25, -0.2) is 0 Å². The van der Waals surface area contributed by atoms with E-state index in [1.54, 1.807) is 0 Å². The molecule has 0 radical (unpaired) electrons. The van der Waals surface area contributed by atoms with Crippen LogP contribution >= 0.6 is 15.9 Å². The van der Waals surface area contributed by atoms with Gasteiger partial charge in [0.15, 0.2) is 0 Å².